The Morgan fingerprint density at radius 2 is 0.925 bits per heavy atom. The fourth-order valence-corrected chi connectivity index (χ4v) is 3.72. The van der Waals surface area contributed by atoms with Crippen LogP contribution in [-0.4, -0.2) is 45.4 Å². The Labute approximate surface area is 240 Å². The molecule has 40 heavy (non-hydrogen) atoms. The van der Waals surface area contributed by atoms with Gasteiger partial charge >= 0.3 is 0 Å². The van der Waals surface area contributed by atoms with E-state index in [9.17, 15) is 4.79 Å². The van der Waals surface area contributed by atoms with Gasteiger partial charge in [-0.05, 0) is 74.9 Å². The van der Waals surface area contributed by atoms with Gasteiger partial charge in [-0.3, -0.25) is 4.79 Å². The number of carbonyl (C=O) groups excluding carboxylic acids is 1. The smallest absolute Gasteiger partial charge is 0.204 e. The number of carbonyl (C=O) groups is 1. The lowest BCUT2D eigenvalue weighted by Crippen LogP contribution is -2.09. The van der Waals surface area contributed by atoms with Crippen molar-refractivity contribution in [2.75, 3.05) is 39.6 Å². The highest BCUT2D eigenvalue weighted by Crippen LogP contribution is 2.43. The number of ether oxygens (including phenoxy) is 6. The monoisotopic (exact) mass is 556 g/mol. The van der Waals surface area contributed by atoms with Gasteiger partial charge in [0.15, 0.2) is 28.8 Å². The Bertz CT molecular complexity index is 1060. The highest BCUT2D eigenvalue weighted by molar-refractivity contribution is 6.09. The third-order valence-corrected chi connectivity index (χ3v) is 5.59. The summed E-state index contributed by atoms with van der Waals surface area (Å²) in [5, 5.41) is 0. The third kappa shape index (κ3) is 9.68. The first-order valence-electron chi connectivity index (χ1n) is 14.9. The molecule has 7 nitrogen and oxygen atoms in total. The van der Waals surface area contributed by atoms with Crippen LogP contribution in [-0.2, 0) is 0 Å². The van der Waals surface area contributed by atoms with Crippen LogP contribution < -0.4 is 28.4 Å². The van der Waals surface area contributed by atoms with Crippen molar-refractivity contribution in [1.29, 1.82) is 0 Å². The molecule has 0 atom stereocenters. The normalized spacial score (nSPS) is 10.9. The lowest BCUT2D eigenvalue weighted by atomic mass is 10.1. The molecule has 0 heterocycles. The number of benzene rings is 2. The van der Waals surface area contributed by atoms with Crippen LogP contribution in [0, 0.1) is 0 Å². The Morgan fingerprint density at radius 3 is 1.43 bits per heavy atom. The molecule has 0 aromatic heterocycles. The van der Waals surface area contributed by atoms with Gasteiger partial charge in [-0.1, -0.05) is 41.5 Å². The second kappa shape index (κ2) is 18.9. The summed E-state index contributed by atoms with van der Waals surface area (Å²) >= 11 is 0. The van der Waals surface area contributed by atoms with Crippen LogP contribution >= 0.6 is 0 Å². The summed E-state index contributed by atoms with van der Waals surface area (Å²) < 4.78 is 36.2. The van der Waals surface area contributed by atoms with Gasteiger partial charge in [0.25, 0.3) is 0 Å². The molecule has 0 bridgehead atoms. The third-order valence-electron chi connectivity index (χ3n) is 5.59. The Morgan fingerprint density at radius 1 is 0.525 bits per heavy atom. The molecular weight excluding hydrogens is 508 g/mol. The molecule has 0 radical (unpaired) electrons. The first-order valence-corrected chi connectivity index (χ1v) is 14.9. The summed E-state index contributed by atoms with van der Waals surface area (Å²) in [5.41, 5.74) is 1.15. The minimum absolute atomic E-state index is 0.210. The lowest BCUT2D eigenvalue weighted by Gasteiger charge is -2.19. The molecule has 0 saturated carbocycles. The van der Waals surface area contributed by atoms with E-state index in [0.717, 1.165) is 44.1 Å². The van der Waals surface area contributed by atoms with Crippen LogP contribution in [0.15, 0.2) is 30.3 Å². The van der Waals surface area contributed by atoms with Crippen LogP contribution in [0.5, 0.6) is 34.5 Å². The standard InChI is InChI=1S/C33H48O7/c1-7-19-35-28-17-14-25(30(37-21-9-3)32(28)39-23-11-5)13-16-27(34)26-15-18-29(36-20-8-2)33(40-24-12-6)31(26)38-22-10-4/h13-18H,7-12,19-24H2,1-6H3/b16-13+. The van der Waals surface area contributed by atoms with E-state index >= 15 is 0 Å². The second-order valence-corrected chi connectivity index (χ2v) is 9.37. The van der Waals surface area contributed by atoms with Crippen molar-refractivity contribution in [3.8, 4) is 34.5 Å². The molecule has 2 aromatic carbocycles. The van der Waals surface area contributed by atoms with E-state index in [1.54, 1.807) is 18.2 Å². The molecule has 2 rings (SSSR count). The SMILES string of the molecule is CCCOc1ccc(/C=C/C(=O)c2ccc(OCCC)c(OCCC)c2OCCC)c(OCCC)c1OCCC. The Balaban J connectivity index is 2.53. The molecule has 0 unspecified atom stereocenters. The zero-order valence-electron chi connectivity index (χ0n) is 25.3. The maximum Gasteiger partial charge on any atom is 0.204 e. The largest absolute Gasteiger partial charge is 0.490 e. The highest BCUT2D eigenvalue weighted by atomic mass is 16.5. The molecule has 0 N–H and O–H groups in total. The van der Waals surface area contributed by atoms with Crippen LogP contribution in [0.4, 0.5) is 0 Å². The van der Waals surface area contributed by atoms with E-state index in [0.29, 0.717) is 79.7 Å². The molecule has 0 spiro atoms. The van der Waals surface area contributed by atoms with Gasteiger partial charge in [-0.15, -0.1) is 0 Å². The van der Waals surface area contributed by atoms with Gasteiger partial charge < -0.3 is 28.4 Å². The van der Waals surface area contributed by atoms with Gasteiger partial charge in [0.1, 0.15) is 0 Å². The van der Waals surface area contributed by atoms with Crippen LogP contribution in [0.2, 0.25) is 0 Å². The number of allylic oxidation sites excluding steroid dienone is 1. The van der Waals surface area contributed by atoms with Crippen LogP contribution in [0.1, 0.15) is 96.0 Å². The molecule has 0 aliphatic carbocycles. The lowest BCUT2D eigenvalue weighted by molar-refractivity contribution is 0.104. The van der Waals surface area contributed by atoms with Crippen molar-refractivity contribution >= 4 is 11.9 Å². The van der Waals surface area contributed by atoms with Crippen molar-refractivity contribution in [2.45, 2.75) is 80.1 Å². The first kappa shape index (κ1) is 32.9. The molecule has 7 heteroatoms. The van der Waals surface area contributed by atoms with Gasteiger partial charge in [-0.25, -0.2) is 0 Å². The van der Waals surface area contributed by atoms with E-state index < -0.39 is 0 Å². The molecular formula is C33H48O7. The average Bonchev–Trinajstić information content (AvgIpc) is 2.97. The second-order valence-electron chi connectivity index (χ2n) is 9.37. The molecule has 0 fully saturated rings. The zero-order valence-corrected chi connectivity index (χ0v) is 25.3. The summed E-state index contributed by atoms with van der Waals surface area (Å²) in [4.78, 5) is 13.6. The van der Waals surface area contributed by atoms with Crippen LogP contribution in [0.3, 0.4) is 0 Å². The minimum atomic E-state index is -0.210. The maximum atomic E-state index is 13.6. The van der Waals surface area contributed by atoms with E-state index in [1.165, 1.54) is 6.08 Å². The molecule has 0 saturated heterocycles. The van der Waals surface area contributed by atoms with Gasteiger partial charge in [0.05, 0.1) is 45.2 Å². The van der Waals surface area contributed by atoms with E-state index in [4.69, 9.17) is 28.4 Å². The van der Waals surface area contributed by atoms with Crippen molar-refractivity contribution < 1.29 is 33.2 Å². The zero-order chi connectivity index (χ0) is 29.2. The summed E-state index contributed by atoms with van der Waals surface area (Å²) in [6, 6.07) is 7.29. The van der Waals surface area contributed by atoms with Crippen LogP contribution in [0.25, 0.3) is 6.08 Å². The summed E-state index contributed by atoms with van der Waals surface area (Å²) in [6.45, 7) is 15.4. The fraction of sp³-hybridized carbons (Fsp3) is 0.545. The van der Waals surface area contributed by atoms with E-state index in [1.807, 2.05) is 39.8 Å². The van der Waals surface area contributed by atoms with E-state index in [-0.39, 0.29) is 5.78 Å². The maximum absolute atomic E-state index is 13.6. The summed E-state index contributed by atoms with van der Waals surface area (Å²) in [7, 11) is 0. The van der Waals surface area contributed by atoms with Gasteiger partial charge in [0.2, 0.25) is 11.5 Å². The fourth-order valence-electron chi connectivity index (χ4n) is 3.72. The topological polar surface area (TPSA) is 72.5 Å². The molecule has 2 aromatic rings. The quantitative estimate of drug-likeness (QED) is 0.113. The molecule has 0 amide bonds. The summed E-state index contributed by atoms with van der Waals surface area (Å²) in [5.74, 6) is 3.04. The van der Waals surface area contributed by atoms with E-state index in [2.05, 4.69) is 13.8 Å². The van der Waals surface area contributed by atoms with Crippen molar-refractivity contribution in [3.05, 3.63) is 41.5 Å². The average molecular weight is 557 g/mol. The number of hydrogen-bond acceptors (Lipinski definition) is 7. The predicted octanol–water partition coefficient (Wildman–Crippen LogP) is 8.32. The van der Waals surface area contributed by atoms with Crippen molar-refractivity contribution in [3.63, 3.8) is 0 Å². The van der Waals surface area contributed by atoms with Gasteiger partial charge in [0, 0.05) is 5.56 Å². The number of rotatable bonds is 21. The number of ketones is 1. The Kier molecular flexibility index (Phi) is 15.5. The molecule has 0 aliphatic rings. The van der Waals surface area contributed by atoms with Crippen molar-refractivity contribution in [2.24, 2.45) is 0 Å². The van der Waals surface area contributed by atoms with Crippen molar-refractivity contribution in [1.82, 2.24) is 0 Å². The highest BCUT2D eigenvalue weighted by Gasteiger charge is 2.22. The minimum Gasteiger partial charge on any atom is -0.490 e. The summed E-state index contributed by atoms with van der Waals surface area (Å²) in [6.07, 6.45) is 8.32. The van der Waals surface area contributed by atoms with Gasteiger partial charge in [-0.2, -0.15) is 0 Å². The molecule has 0 aliphatic heterocycles. The molecule has 222 valence electrons. The number of hydrogen-bond donors (Lipinski definition) is 0. The predicted molar refractivity (Wildman–Crippen MR) is 161 cm³/mol. The Hall–Kier alpha value is -3.35. The first-order chi connectivity index (χ1) is 19.6.